The van der Waals surface area contributed by atoms with Crippen LogP contribution in [0.5, 0.6) is 0 Å². The molecule has 18 heavy (non-hydrogen) atoms. The lowest BCUT2D eigenvalue weighted by Gasteiger charge is -2.33. The zero-order valence-electron chi connectivity index (χ0n) is 12.5. The normalized spacial score (nSPS) is 17.3. The lowest BCUT2D eigenvalue weighted by atomic mass is 10.3. The first kappa shape index (κ1) is 17.8. The van der Waals surface area contributed by atoms with Crippen molar-refractivity contribution in [2.24, 2.45) is 0 Å². The smallest absolute Gasteiger partial charge is 0.0593 e. The van der Waals surface area contributed by atoms with E-state index in [0.717, 1.165) is 32.6 Å². The first-order valence-electron chi connectivity index (χ1n) is 7.50. The van der Waals surface area contributed by atoms with Gasteiger partial charge in [0.1, 0.15) is 0 Å². The van der Waals surface area contributed by atoms with Crippen molar-refractivity contribution in [3.63, 3.8) is 0 Å². The highest BCUT2D eigenvalue weighted by Gasteiger charge is 2.14. The summed E-state index contributed by atoms with van der Waals surface area (Å²) in [5.74, 6) is 0. The van der Waals surface area contributed by atoms with E-state index in [0.29, 0.717) is 0 Å². The Balaban J connectivity index is 0.00000137. The maximum absolute atomic E-state index is 8.61. The van der Waals surface area contributed by atoms with Crippen molar-refractivity contribution in [3.8, 4) is 0 Å². The fourth-order valence-electron chi connectivity index (χ4n) is 1.94. The van der Waals surface area contributed by atoms with Crippen LogP contribution in [0.25, 0.3) is 0 Å². The van der Waals surface area contributed by atoms with Crippen molar-refractivity contribution in [1.29, 1.82) is 0 Å². The second kappa shape index (κ2) is 13.3. The monoisotopic (exact) mass is 260 g/mol. The number of rotatable bonds is 8. The number of nitrogens with zero attached hydrogens (tertiary/aromatic N) is 2. The molecule has 1 fully saturated rings. The van der Waals surface area contributed by atoms with Gasteiger partial charge in [-0.25, -0.2) is 0 Å². The number of piperazine rings is 1. The van der Waals surface area contributed by atoms with Gasteiger partial charge in [-0.15, -0.1) is 0 Å². The van der Waals surface area contributed by atoms with Gasteiger partial charge < -0.3 is 14.7 Å². The zero-order chi connectivity index (χ0) is 13.6. The molecule has 4 heteroatoms. The van der Waals surface area contributed by atoms with E-state index in [4.69, 9.17) is 9.84 Å². The van der Waals surface area contributed by atoms with Crippen LogP contribution in [0, 0.1) is 0 Å². The summed E-state index contributed by atoms with van der Waals surface area (Å²) in [5.41, 5.74) is 0. The molecule has 0 saturated carbocycles. The van der Waals surface area contributed by atoms with E-state index >= 15 is 0 Å². The Bertz CT molecular complexity index is 160. The van der Waals surface area contributed by atoms with Crippen molar-refractivity contribution >= 4 is 0 Å². The Labute approximate surface area is 113 Å². The van der Waals surface area contributed by atoms with Gasteiger partial charge in [0.15, 0.2) is 0 Å². The van der Waals surface area contributed by atoms with Gasteiger partial charge >= 0.3 is 0 Å². The summed E-state index contributed by atoms with van der Waals surface area (Å²) in [5, 5.41) is 8.61. The van der Waals surface area contributed by atoms with E-state index in [2.05, 4.69) is 16.7 Å². The number of likely N-dealkylation sites (N-methyl/N-ethyl adjacent to an activating group) is 1. The number of unbranched alkanes of at least 4 members (excludes halogenated alkanes) is 1. The van der Waals surface area contributed by atoms with E-state index < -0.39 is 0 Å². The summed E-state index contributed by atoms with van der Waals surface area (Å²) in [7, 11) is 0. The Hall–Kier alpha value is -0.160. The molecule has 1 N–H and O–H groups in total. The molecule has 4 nitrogen and oxygen atoms in total. The Morgan fingerprint density at radius 1 is 0.944 bits per heavy atom. The maximum Gasteiger partial charge on any atom is 0.0593 e. The van der Waals surface area contributed by atoms with Crippen LogP contribution in [0.1, 0.15) is 33.6 Å². The third-order valence-corrected chi connectivity index (χ3v) is 3.16. The minimum atomic E-state index is 0.280. The zero-order valence-corrected chi connectivity index (χ0v) is 12.5. The lowest BCUT2D eigenvalue weighted by Crippen LogP contribution is -2.47. The van der Waals surface area contributed by atoms with Gasteiger partial charge in [-0.05, 0) is 19.4 Å². The molecule has 1 rings (SSSR count). The van der Waals surface area contributed by atoms with Gasteiger partial charge in [-0.3, -0.25) is 4.90 Å². The van der Waals surface area contributed by atoms with Crippen LogP contribution in [-0.4, -0.2) is 74.0 Å². The standard InChI is InChI=1S/C12H26N2O2.C2H6/c1-2-13-5-7-14(8-6-13)9-12-16-11-4-3-10-15;1-2/h15H,2-12H2,1H3;1-2H3. The van der Waals surface area contributed by atoms with Gasteiger partial charge in [0, 0.05) is 45.9 Å². The molecular weight excluding hydrogens is 228 g/mol. The highest BCUT2D eigenvalue weighted by molar-refractivity contribution is 4.70. The first-order valence-corrected chi connectivity index (χ1v) is 7.50. The van der Waals surface area contributed by atoms with Gasteiger partial charge in [0.2, 0.25) is 0 Å². The second-order valence-electron chi connectivity index (χ2n) is 4.32. The van der Waals surface area contributed by atoms with E-state index in [1.165, 1.54) is 32.7 Å². The minimum Gasteiger partial charge on any atom is -0.396 e. The quantitative estimate of drug-likeness (QED) is 0.670. The highest BCUT2D eigenvalue weighted by atomic mass is 16.5. The average molecular weight is 260 g/mol. The van der Waals surface area contributed by atoms with E-state index in [9.17, 15) is 0 Å². The van der Waals surface area contributed by atoms with Crippen LogP contribution >= 0.6 is 0 Å². The van der Waals surface area contributed by atoms with Crippen LogP contribution in [-0.2, 0) is 4.74 Å². The number of ether oxygens (including phenoxy) is 1. The lowest BCUT2D eigenvalue weighted by molar-refractivity contribution is 0.0739. The van der Waals surface area contributed by atoms with Crippen molar-refractivity contribution in [2.75, 3.05) is 59.1 Å². The number of hydrogen-bond donors (Lipinski definition) is 1. The van der Waals surface area contributed by atoms with E-state index in [1.807, 2.05) is 13.8 Å². The molecule has 0 aliphatic carbocycles. The van der Waals surface area contributed by atoms with Gasteiger partial charge in [0.25, 0.3) is 0 Å². The Morgan fingerprint density at radius 3 is 2.11 bits per heavy atom. The van der Waals surface area contributed by atoms with Gasteiger partial charge in [-0.1, -0.05) is 20.8 Å². The average Bonchev–Trinajstić information content (AvgIpc) is 2.45. The number of hydrogen-bond acceptors (Lipinski definition) is 4. The summed E-state index contributed by atoms with van der Waals surface area (Å²) >= 11 is 0. The third-order valence-electron chi connectivity index (χ3n) is 3.16. The predicted octanol–water partition coefficient (Wildman–Crippen LogP) is 1.44. The molecule has 1 aliphatic rings. The van der Waals surface area contributed by atoms with Crippen LogP contribution in [0.3, 0.4) is 0 Å². The van der Waals surface area contributed by atoms with Crippen molar-refractivity contribution in [3.05, 3.63) is 0 Å². The van der Waals surface area contributed by atoms with Gasteiger partial charge in [-0.2, -0.15) is 0 Å². The van der Waals surface area contributed by atoms with Crippen LogP contribution in [0.4, 0.5) is 0 Å². The van der Waals surface area contributed by atoms with E-state index in [-0.39, 0.29) is 6.61 Å². The van der Waals surface area contributed by atoms with Crippen molar-refractivity contribution < 1.29 is 9.84 Å². The van der Waals surface area contributed by atoms with Crippen LogP contribution in [0.15, 0.2) is 0 Å². The summed E-state index contributed by atoms with van der Waals surface area (Å²) in [6.07, 6.45) is 1.83. The maximum atomic E-state index is 8.61. The van der Waals surface area contributed by atoms with Crippen molar-refractivity contribution in [2.45, 2.75) is 33.6 Å². The first-order chi connectivity index (χ1) is 8.86. The molecule has 1 aliphatic heterocycles. The third kappa shape index (κ3) is 8.86. The predicted molar refractivity (Wildman–Crippen MR) is 77.0 cm³/mol. The molecule has 0 aromatic heterocycles. The molecule has 0 radical (unpaired) electrons. The summed E-state index contributed by atoms with van der Waals surface area (Å²) in [6, 6.07) is 0. The largest absolute Gasteiger partial charge is 0.396 e. The van der Waals surface area contributed by atoms with Gasteiger partial charge in [0.05, 0.1) is 6.61 Å². The van der Waals surface area contributed by atoms with Crippen LogP contribution < -0.4 is 0 Å². The summed E-state index contributed by atoms with van der Waals surface area (Å²) in [4.78, 5) is 4.96. The fourth-order valence-corrected chi connectivity index (χ4v) is 1.94. The molecule has 1 saturated heterocycles. The van der Waals surface area contributed by atoms with E-state index in [1.54, 1.807) is 0 Å². The Kier molecular flexibility index (Phi) is 13.2. The second-order valence-corrected chi connectivity index (χ2v) is 4.32. The van der Waals surface area contributed by atoms with Crippen molar-refractivity contribution in [1.82, 2.24) is 9.80 Å². The number of aliphatic hydroxyl groups excluding tert-OH is 1. The topological polar surface area (TPSA) is 35.9 Å². The highest BCUT2D eigenvalue weighted by Crippen LogP contribution is 2.00. The minimum absolute atomic E-state index is 0.280. The molecule has 110 valence electrons. The molecule has 0 aromatic rings. The fraction of sp³-hybridized carbons (Fsp3) is 1.00. The summed E-state index contributed by atoms with van der Waals surface area (Å²) in [6.45, 7) is 15.1. The molecular formula is C14H32N2O2. The molecule has 0 atom stereocenters. The molecule has 0 spiro atoms. The number of aliphatic hydroxyl groups is 1. The van der Waals surface area contributed by atoms with Crippen LogP contribution in [0.2, 0.25) is 0 Å². The molecule has 0 bridgehead atoms. The molecule has 0 unspecified atom stereocenters. The molecule has 1 heterocycles. The molecule has 0 aromatic carbocycles. The molecule has 0 amide bonds. The summed E-state index contributed by atoms with van der Waals surface area (Å²) < 4.78 is 5.53. The SMILES string of the molecule is CC.CCN1CCN(CCOCCCCO)CC1. The Morgan fingerprint density at radius 2 is 1.56 bits per heavy atom.